The van der Waals surface area contributed by atoms with Crippen molar-refractivity contribution in [1.29, 1.82) is 0 Å². The number of rotatable bonds is 7. The molecule has 1 aliphatic carbocycles. The molecule has 2 aliphatic heterocycles. The number of hydrogen-bond acceptors (Lipinski definition) is 3. The lowest BCUT2D eigenvalue weighted by Crippen LogP contribution is -2.27. The van der Waals surface area contributed by atoms with Gasteiger partial charge in [0.2, 0.25) is 15.5 Å². The Morgan fingerprint density at radius 2 is 1.44 bits per heavy atom. The van der Waals surface area contributed by atoms with Gasteiger partial charge in [0.25, 0.3) is 0 Å². The Balaban J connectivity index is 1.51. The van der Waals surface area contributed by atoms with Gasteiger partial charge in [-0.3, -0.25) is 0 Å². The third-order valence-corrected chi connectivity index (χ3v) is 11.9. The van der Waals surface area contributed by atoms with Crippen LogP contribution in [0.5, 0.6) is 0 Å². The lowest BCUT2D eigenvalue weighted by molar-refractivity contribution is -0.433. The average molecular weight is 618 g/mol. The van der Waals surface area contributed by atoms with Crippen molar-refractivity contribution in [3.05, 3.63) is 136 Å². The van der Waals surface area contributed by atoms with Gasteiger partial charge in [-0.1, -0.05) is 80.6 Å². The van der Waals surface area contributed by atoms with E-state index < -0.39 is 9.84 Å². The van der Waals surface area contributed by atoms with Crippen LogP contribution >= 0.6 is 0 Å². The summed E-state index contributed by atoms with van der Waals surface area (Å²) in [5.41, 5.74) is 8.83. The van der Waals surface area contributed by atoms with Crippen molar-refractivity contribution in [3.63, 3.8) is 0 Å². The van der Waals surface area contributed by atoms with E-state index in [1.165, 1.54) is 33.9 Å². The molecule has 0 atom stereocenters. The van der Waals surface area contributed by atoms with Crippen LogP contribution in [0.2, 0.25) is 0 Å². The van der Waals surface area contributed by atoms with Crippen molar-refractivity contribution in [2.45, 2.75) is 76.5 Å². The highest BCUT2D eigenvalue weighted by Gasteiger charge is 2.44. The van der Waals surface area contributed by atoms with Crippen LogP contribution in [0.15, 0.2) is 130 Å². The highest BCUT2D eigenvalue weighted by atomic mass is 32.2. The smallest absolute Gasteiger partial charge is 0.209 e. The van der Waals surface area contributed by atoms with Crippen LogP contribution in [0.3, 0.4) is 0 Å². The van der Waals surface area contributed by atoms with Crippen LogP contribution < -0.4 is 4.90 Å². The number of sulfone groups is 1. The average Bonchev–Trinajstić information content (AvgIpc) is 3.41. The third-order valence-electron chi connectivity index (χ3n) is 9.91. The Morgan fingerprint density at radius 3 is 2.16 bits per heavy atom. The maximum atomic E-state index is 14.5. The van der Waals surface area contributed by atoms with Gasteiger partial charge in [0, 0.05) is 41.1 Å². The monoisotopic (exact) mass is 617 g/mol. The number of benzene rings is 3. The molecule has 4 nitrogen and oxygen atoms in total. The highest BCUT2D eigenvalue weighted by molar-refractivity contribution is 7.95. The van der Waals surface area contributed by atoms with Gasteiger partial charge in [-0.25, -0.2) is 8.42 Å². The number of nitrogens with zero attached hydrogens (tertiary/aromatic N) is 2. The standard InChI is InChI=1S/C40H45N2O2S/c1-7-41-34-23-14-12-21-32(34)39(3,4)36(41)27-25-29-17-16-18-30(38(29)45(43,44)31-19-10-9-11-20-31)26-28-37-40(5,6)33-22-13-15-24-35(33)42(37)8-2/h9-15,19-28H,7-8,16-18H2,1-6H3/q+1. The zero-order chi connectivity index (χ0) is 32.0. The van der Waals surface area contributed by atoms with Gasteiger partial charge in [-0.15, -0.1) is 0 Å². The number of likely N-dealkylation sites (N-methyl/N-ethyl adjacent to an activating group) is 1. The summed E-state index contributed by atoms with van der Waals surface area (Å²) >= 11 is 0. The molecule has 0 saturated carbocycles. The van der Waals surface area contributed by atoms with Crippen LogP contribution in [-0.2, 0) is 20.7 Å². The molecule has 0 bridgehead atoms. The summed E-state index contributed by atoms with van der Waals surface area (Å²) in [5.74, 6) is 0. The molecule has 0 spiro atoms. The summed E-state index contributed by atoms with van der Waals surface area (Å²) in [6, 6.07) is 26.1. The second-order valence-corrected chi connectivity index (χ2v) is 15.1. The molecule has 232 valence electrons. The lowest BCUT2D eigenvalue weighted by atomic mass is 9.81. The van der Waals surface area contributed by atoms with E-state index in [1.807, 2.05) is 18.2 Å². The first kappa shape index (κ1) is 31.0. The van der Waals surface area contributed by atoms with Gasteiger partial charge >= 0.3 is 0 Å². The maximum absolute atomic E-state index is 14.5. The first-order valence-corrected chi connectivity index (χ1v) is 17.8. The molecular formula is C40H45N2O2S+. The molecule has 0 aromatic heterocycles. The maximum Gasteiger partial charge on any atom is 0.209 e. The minimum Gasteiger partial charge on any atom is -0.344 e. The van der Waals surface area contributed by atoms with E-state index in [-0.39, 0.29) is 10.8 Å². The molecule has 45 heavy (non-hydrogen) atoms. The first-order chi connectivity index (χ1) is 21.5. The molecule has 0 N–H and O–H groups in total. The fourth-order valence-electron chi connectivity index (χ4n) is 7.61. The summed E-state index contributed by atoms with van der Waals surface area (Å²) in [4.78, 5) is 3.16. The molecule has 0 amide bonds. The number of allylic oxidation sites excluding steroid dienone is 7. The largest absolute Gasteiger partial charge is 0.344 e. The molecule has 0 radical (unpaired) electrons. The Morgan fingerprint density at radius 1 is 0.778 bits per heavy atom. The molecular weight excluding hydrogens is 573 g/mol. The van der Waals surface area contributed by atoms with Gasteiger partial charge < -0.3 is 4.90 Å². The third kappa shape index (κ3) is 5.15. The van der Waals surface area contributed by atoms with Crippen molar-refractivity contribution in [2.24, 2.45) is 0 Å². The van der Waals surface area contributed by atoms with E-state index in [2.05, 4.69) is 124 Å². The van der Waals surface area contributed by atoms with Crippen molar-refractivity contribution in [2.75, 3.05) is 18.0 Å². The van der Waals surface area contributed by atoms with Crippen molar-refractivity contribution in [1.82, 2.24) is 0 Å². The first-order valence-electron chi connectivity index (χ1n) is 16.3. The van der Waals surface area contributed by atoms with Gasteiger partial charge in [0.05, 0.1) is 15.2 Å². The second kappa shape index (κ2) is 11.8. The van der Waals surface area contributed by atoms with Gasteiger partial charge in [-0.05, 0) is 87.9 Å². The quantitative estimate of drug-likeness (QED) is 0.248. The summed E-state index contributed by atoms with van der Waals surface area (Å²) in [5, 5.41) is 0. The number of para-hydroxylation sites is 2. The summed E-state index contributed by atoms with van der Waals surface area (Å²) < 4.78 is 31.3. The number of anilines is 1. The minimum absolute atomic E-state index is 0.188. The van der Waals surface area contributed by atoms with Gasteiger partial charge in [0.1, 0.15) is 6.54 Å². The molecule has 2 heterocycles. The van der Waals surface area contributed by atoms with Crippen LogP contribution in [0.25, 0.3) is 0 Å². The topological polar surface area (TPSA) is 40.4 Å². The molecule has 0 fully saturated rings. The van der Waals surface area contributed by atoms with E-state index >= 15 is 0 Å². The van der Waals surface area contributed by atoms with E-state index in [0.717, 1.165) is 43.5 Å². The normalized spacial score (nSPS) is 20.9. The summed E-state index contributed by atoms with van der Waals surface area (Å²) in [6.07, 6.45) is 10.9. The Hall–Kier alpha value is -3.96. The van der Waals surface area contributed by atoms with Crippen molar-refractivity contribution in [3.8, 4) is 0 Å². The highest BCUT2D eigenvalue weighted by Crippen LogP contribution is 2.48. The van der Waals surface area contributed by atoms with E-state index in [0.29, 0.717) is 9.80 Å². The molecule has 0 unspecified atom stereocenters. The fraction of sp³-hybridized carbons (Fsp3) is 0.325. The second-order valence-electron chi connectivity index (χ2n) is 13.3. The summed E-state index contributed by atoms with van der Waals surface area (Å²) in [6.45, 7) is 15.1. The minimum atomic E-state index is -3.76. The Labute approximate surface area is 269 Å². The summed E-state index contributed by atoms with van der Waals surface area (Å²) in [7, 11) is -3.76. The molecule has 0 saturated heterocycles. The van der Waals surface area contributed by atoms with Crippen LogP contribution in [0, 0.1) is 0 Å². The molecule has 3 aromatic rings. The Kier molecular flexibility index (Phi) is 8.11. The molecule has 3 aromatic carbocycles. The zero-order valence-corrected chi connectivity index (χ0v) is 28.3. The van der Waals surface area contributed by atoms with E-state index in [4.69, 9.17) is 0 Å². The number of hydrogen-bond donors (Lipinski definition) is 0. The van der Waals surface area contributed by atoms with Crippen molar-refractivity contribution < 1.29 is 13.0 Å². The van der Waals surface area contributed by atoms with E-state index in [9.17, 15) is 8.42 Å². The van der Waals surface area contributed by atoms with E-state index in [1.54, 1.807) is 12.1 Å². The van der Waals surface area contributed by atoms with Gasteiger partial charge in [0.15, 0.2) is 5.71 Å². The zero-order valence-electron chi connectivity index (χ0n) is 27.5. The van der Waals surface area contributed by atoms with Crippen LogP contribution in [-0.4, -0.2) is 31.8 Å². The fourth-order valence-corrected chi connectivity index (χ4v) is 9.39. The number of fused-ring (bicyclic) bond motifs is 2. The van der Waals surface area contributed by atoms with Crippen LogP contribution in [0.4, 0.5) is 11.4 Å². The molecule has 3 aliphatic rings. The van der Waals surface area contributed by atoms with Crippen LogP contribution in [0.1, 0.15) is 71.9 Å². The molecule has 5 heteroatoms. The predicted octanol–water partition coefficient (Wildman–Crippen LogP) is 9.18. The lowest BCUT2D eigenvalue weighted by Gasteiger charge is -2.26. The van der Waals surface area contributed by atoms with Gasteiger partial charge in [-0.2, -0.15) is 4.58 Å². The Bertz CT molecular complexity index is 1900. The SMILES string of the molecule is CCN1/C(=C/C=C2\CCCC(/C=C/C3=[N+](CC)c4ccccc4C3(C)C)=C2S(=O)(=O)c2ccccc2)C(C)(C)c2ccccc21. The predicted molar refractivity (Wildman–Crippen MR) is 187 cm³/mol. The van der Waals surface area contributed by atoms with Crippen molar-refractivity contribution >= 4 is 26.9 Å². The molecule has 6 rings (SSSR count).